The lowest BCUT2D eigenvalue weighted by molar-refractivity contribution is -0.126. The van der Waals surface area contributed by atoms with Crippen LogP contribution < -0.4 is 5.32 Å². The maximum Gasteiger partial charge on any atom is 0.359 e. The van der Waals surface area contributed by atoms with Crippen LogP contribution in [0, 0.1) is 5.41 Å². The Bertz CT molecular complexity index is 493. The summed E-state index contributed by atoms with van der Waals surface area (Å²) >= 11 is 0. The van der Waals surface area contributed by atoms with Gasteiger partial charge >= 0.3 is 5.97 Å². The number of esters is 1. The van der Waals surface area contributed by atoms with Crippen LogP contribution >= 0.6 is 0 Å². The molecule has 1 aromatic rings. The average molecular weight is 293 g/mol. The van der Waals surface area contributed by atoms with E-state index in [4.69, 9.17) is 4.74 Å². The van der Waals surface area contributed by atoms with Gasteiger partial charge in [-0.15, -0.1) is 0 Å². The first kappa shape index (κ1) is 17.1. The normalized spacial score (nSPS) is 11.9. The summed E-state index contributed by atoms with van der Waals surface area (Å²) in [5.74, 6) is -0.992. The van der Waals surface area contributed by atoms with Crippen molar-refractivity contribution in [3.8, 4) is 0 Å². The number of hydrogen-bond acceptors (Lipinski definition) is 5. The molecule has 0 fully saturated rings. The van der Waals surface area contributed by atoms with Crippen molar-refractivity contribution in [2.24, 2.45) is 5.41 Å². The van der Waals surface area contributed by atoms with Crippen LogP contribution in [0.15, 0.2) is 18.6 Å². The number of nitrogens with zero attached hydrogens (tertiary/aromatic N) is 2. The Morgan fingerprint density at radius 1 is 1.19 bits per heavy atom. The summed E-state index contributed by atoms with van der Waals surface area (Å²) in [4.78, 5) is 31.1. The Morgan fingerprint density at radius 3 is 2.38 bits per heavy atom. The summed E-state index contributed by atoms with van der Waals surface area (Å²) in [6.45, 7) is 9.88. The van der Waals surface area contributed by atoms with Gasteiger partial charge in [-0.05, 0) is 25.7 Å². The van der Waals surface area contributed by atoms with Crippen LogP contribution in [0.2, 0.25) is 0 Å². The summed E-state index contributed by atoms with van der Waals surface area (Å²) in [7, 11) is 0. The van der Waals surface area contributed by atoms with Gasteiger partial charge in [-0.25, -0.2) is 9.78 Å². The molecule has 0 spiro atoms. The summed E-state index contributed by atoms with van der Waals surface area (Å²) in [6, 6.07) is 0. The zero-order valence-corrected chi connectivity index (χ0v) is 13.3. The number of aromatic nitrogens is 2. The third kappa shape index (κ3) is 6.83. The first-order valence-electron chi connectivity index (χ1n) is 6.83. The molecule has 0 aliphatic carbocycles. The van der Waals surface area contributed by atoms with Crippen molar-refractivity contribution >= 4 is 11.9 Å². The molecule has 6 nitrogen and oxygen atoms in total. The molecule has 0 saturated carbocycles. The molecule has 0 radical (unpaired) electrons. The van der Waals surface area contributed by atoms with Crippen LogP contribution in [0.25, 0.3) is 0 Å². The molecule has 116 valence electrons. The fourth-order valence-electron chi connectivity index (χ4n) is 2.39. The molecule has 0 bridgehead atoms. The maximum atomic E-state index is 11.9. The van der Waals surface area contributed by atoms with E-state index in [1.807, 2.05) is 13.8 Å². The molecule has 1 aromatic heterocycles. The van der Waals surface area contributed by atoms with Crippen molar-refractivity contribution in [3.63, 3.8) is 0 Å². The van der Waals surface area contributed by atoms with E-state index in [1.165, 1.54) is 18.6 Å². The van der Waals surface area contributed by atoms with Gasteiger partial charge in [-0.1, -0.05) is 20.8 Å². The largest absolute Gasteiger partial charge is 0.451 e. The SMILES string of the molecule is CC(C)(C)CC(C)(C)NC(=O)COC(=O)c1cnccn1. The summed E-state index contributed by atoms with van der Waals surface area (Å²) in [6.07, 6.45) is 4.95. The molecule has 21 heavy (non-hydrogen) atoms. The predicted molar refractivity (Wildman–Crippen MR) is 78.6 cm³/mol. The third-order valence-electron chi connectivity index (χ3n) is 2.56. The minimum Gasteiger partial charge on any atom is -0.451 e. The van der Waals surface area contributed by atoms with Crippen molar-refractivity contribution in [1.82, 2.24) is 15.3 Å². The van der Waals surface area contributed by atoms with Crippen molar-refractivity contribution in [2.75, 3.05) is 6.61 Å². The maximum absolute atomic E-state index is 11.9. The van der Waals surface area contributed by atoms with Gasteiger partial charge in [0.05, 0.1) is 6.20 Å². The van der Waals surface area contributed by atoms with Crippen LogP contribution in [0.3, 0.4) is 0 Å². The van der Waals surface area contributed by atoms with Gasteiger partial charge < -0.3 is 10.1 Å². The molecule has 0 unspecified atom stereocenters. The number of rotatable bonds is 5. The second-order valence-electron chi connectivity index (χ2n) is 6.84. The molecule has 0 atom stereocenters. The summed E-state index contributed by atoms with van der Waals surface area (Å²) < 4.78 is 4.91. The molecule has 1 amide bonds. The number of ether oxygens (including phenoxy) is 1. The second kappa shape index (κ2) is 6.65. The van der Waals surface area contributed by atoms with Gasteiger partial charge in [0.15, 0.2) is 12.3 Å². The average Bonchev–Trinajstić information content (AvgIpc) is 2.33. The monoisotopic (exact) mass is 293 g/mol. The van der Waals surface area contributed by atoms with Crippen LogP contribution in [0.1, 0.15) is 51.5 Å². The van der Waals surface area contributed by atoms with E-state index in [1.54, 1.807) is 0 Å². The zero-order chi connectivity index (χ0) is 16.1. The number of hydrogen-bond donors (Lipinski definition) is 1. The van der Waals surface area contributed by atoms with E-state index in [0.717, 1.165) is 6.42 Å². The molecule has 1 heterocycles. The van der Waals surface area contributed by atoms with Gasteiger partial charge in [0.2, 0.25) is 0 Å². The Balaban J connectivity index is 2.46. The van der Waals surface area contributed by atoms with E-state index in [0.29, 0.717) is 0 Å². The molecule has 0 saturated heterocycles. The first-order valence-corrected chi connectivity index (χ1v) is 6.83. The van der Waals surface area contributed by atoms with E-state index in [-0.39, 0.29) is 29.2 Å². The fraction of sp³-hybridized carbons (Fsp3) is 0.600. The third-order valence-corrected chi connectivity index (χ3v) is 2.56. The highest BCUT2D eigenvalue weighted by Gasteiger charge is 2.27. The highest BCUT2D eigenvalue weighted by molar-refractivity contribution is 5.89. The van der Waals surface area contributed by atoms with Crippen molar-refractivity contribution in [2.45, 2.75) is 46.6 Å². The topological polar surface area (TPSA) is 81.2 Å². The quantitative estimate of drug-likeness (QED) is 0.839. The van der Waals surface area contributed by atoms with Crippen LogP contribution in [0.5, 0.6) is 0 Å². The van der Waals surface area contributed by atoms with E-state index in [2.05, 4.69) is 36.1 Å². The van der Waals surface area contributed by atoms with Crippen molar-refractivity contribution in [3.05, 3.63) is 24.3 Å². The van der Waals surface area contributed by atoms with Crippen molar-refractivity contribution < 1.29 is 14.3 Å². The van der Waals surface area contributed by atoms with E-state index < -0.39 is 5.97 Å². The minimum absolute atomic E-state index is 0.0826. The van der Waals surface area contributed by atoms with Gasteiger partial charge in [0.1, 0.15) is 0 Å². The van der Waals surface area contributed by atoms with E-state index in [9.17, 15) is 9.59 Å². The van der Waals surface area contributed by atoms with Crippen LogP contribution in [0.4, 0.5) is 0 Å². The minimum atomic E-state index is -0.660. The fourth-order valence-corrected chi connectivity index (χ4v) is 2.39. The smallest absolute Gasteiger partial charge is 0.359 e. The van der Waals surface area contributed by atoms with Gasteiger partial charge in [0, 0.05) is 17.9 Å². The molecule has 1 rings (SSSR count). The molecule has 0 aliphatic rings. The predicted octanol–water partition coefficient (Wildman–Crippen LogP) is 1.96. The Labute approximate surface area is 125 Å². The number of nitrogens with one attached hydrogen (secondary N) is 1. The number of carbonyl (C=O) groups excluding carboxylic acids is 2. The standard InChI is InChI=1S/C15H23N3O3/c1-14(2,3)10-15(4,5)18-12(19)9-21-13(20)11-8-16-6-7-17-11/h6-8H,9-10H2,1-5H3,(H,18,19). The zero-order valence-electron chi connectivity index (χ0n) is 13.3. The van der Waals surface area contributed by atoms with Gasteiger partial charge in [-0.2, -0.15) is 0 Å². The highest BCUT2D eigenvalue weighted by atomic mass is 16.5. The Kier molecular flexibility index (Phi) is 5.41. The molecule has 0 aromatic carbocycles. The van der Waals surface area contributed by atoms with Crippen LogP contribution in [-0.2, 0) is 9.53 Å². The number of amides is 1. The van der Waals surface area contributed by atoms with Crippen LogP contribution in [-0.4, -0.2) is 34.0 Å². The summed E-state index contributed by atoms with van der Waals surface area (Å²) in [5.41, 5.74) is -0.194. The van der Waals surface area contributed by atoms with E-state index >= 15 is 0 Å². The summed E-state index contributed by atoms with van der Waals surface area (Å²) in [5, 5.41) is 2.87. The lowest BCUT2D eigenvalue weighted by Crippen LogP contribution is -2.47. The Hall–Kier alpha value is -1.98. The lowest BCUT2D eigenvalue weighted by Gasteiger charge is -2.33. The van der Waals surface area contributed by atoms with Gasteiger partial charge in [0.25, 0.3) is 5.91 Å². The first-order chi connectivity index (χ1) is 9.59. The highest BCUT2D eigenvalue weighted by Crippen LogP contribution is 2.26. The molecule has 1 N–H and O–H groups in total. The second-order valence-corrected chi connectivity index (χ2v) is 6.84. The number of carbonyl (C=O) groups is 2. The molecular formula is C15H23N3O3. The molecule has 6 heteroatoms. The Morgan fingerprint density at radius 2 is 1.86 bits per heavy atom. The molecule has 0 aliphatic heterocycles. The van der Waals surface area contributed by atoms with Crippen molar-refractivity contribution in [1.29, 1.82) is 0 Å². The lowest BCUT2D eigenvalue weighted by atomic mass is 9.82. The van der Waals surface area contributed by atoms with Gasteiger partial charge in [-0.3, -0.25) is 9.78 Å². The molecular weight excluding hydrogens is 270 g/mol.